The van der Waals surface area contributed by atoms with E-state index in [1.807, 2.05) is 13.8 Å². The SMILES string of the molecule is CC(=O)N(CC(=O)Nc1ccccc1OC(C)C)c1c(F)cccc1F. The Hall–Kier alpha value is -2.96. The van der Waals surface area contributed by atoms with Gasteiger partial charge in [0.05, 0.1) is 11.8 Å². The molecule has 2 aromatic rings. The monoisotopic (exact) mass is 362 g/mol. The van der Waals surface area contributed by atoms with Crippen molar-refractivity contribution in [2.75, 3.05) is 16.8 Å². The maximum atomic E-state index is 14.0. The predicted octanol–water partition coefficient (Wildman–Crippen LogP) is 3.74. The van der Waals surface area contributed by atoms with E-state index in [9.17, 15) is 18.4 Å². The number of anilines is 2. The van der Waals surface area contributed by atoms with Crippen LogP contribution in [-0.4, -0.2) is 24.5 Å². The molecule has 2 rings (SSSR count). The zero-order chi connectivity index (χ0) is 19.3. The second-order valence-electron chi connectivity index (χ2n) is 5.89. The molecule has 2 amide bonds. The summed E-state index contributed by atoms with van der Waals surface area (Å²) in [6.07, 6.45) is -0.103. The Morgan fingerprint density at radius 3 is 2.27 bits per heavy atom. The van der Waals surface area contributed by atoms with Crippen molar-refractivity contribution >= 4 is 23.2 Å². The number of amides is 2. The van der Waals surface area contributed by atoms with Crippen LogP contribution in [0.25, 0.3) is 0 Å². The first-order valence-electron chi connectivity index (χ1n) is 8.07. The Morgan fingerprint density at radius 1 is 1.08 bits per heavy atom. The summed E-state index contributed by atoms with van der Waals surface area (Å²) < 4.78 is 33.5. The van der Waals surface area contributed by atoms with Crippen molar-refractivity contribution in [3.05, 3.63) is 54.1 Å². The van der Waals surface area contributed by atoms with Crippen LogP contribution in [0.5, 0.6) is 5.75 Å². The Bertz CT molecular complexity index is 789. The van der Waals surface area contributed by atoms with Crippen LogP contribution in [0.1, 0.15) is 20.8 Å². The molecule has 0 bridgehead atoms. The minimum Gasteiger partial charge on any atom is -0.489 e. The fourth-order valence-corrected chi connectivity index (χ4v) is 2.35. The van der Waals surface area contributed by atoms with Crippen LogP contribution in [0.3, 0.4) is 0 Å². The molecule has 0 saturated carbocycles. The zero-order valence-corrected chi connectivity index (χ0v) is 14.8. The molecular weight excluding hydrogens is 342 g/mol. The van der Waals surface area contributed by atoms with Crippen molar-refractivity contribution in [3.8, 4) is 5.75 Å². The minimum absolute atomic E-state index is 0.103. The molecule has 1 N–H and O–H groups in total. The van der Waals surface area contributed by atoms with Gasteiger partial charge in [-0.15, -0.1) is 0 Å². The van der Waals surface area contributed by atoms with Gasteiger partial charge in [-0.1, -0.05) is 18.2 Å². The molecule has 0 radical (unpaired) electrons. The first-order chi connectivity index (χ1) is 12.3. The molecule has 0 aliphatic heterocycles. The van der Waals surface area contributed by atoms with Gasteiger partial charge in [-0.25, -0.2) is 8.78 Å². The molecule has 2 aromatic carbocycles. The highest BCUT2D eigenvalue weighted by atomic mass is 19.1. The molecule has 0 aliphatic carbocycles. The summed E-state index contributed by atoms with van der Waals surface area (Å²) in [5.41, 5.74) is -0.148. The van der Waals surface area contributed by atoms with Gasteiger partial charge >= 0.3 is 0 Å². The number of nitrogens with one attached hydrogen (secondary N) is 1. The predicted molar refractivity (Wildman–Crippen MR) is 95.2 cm³/mol. The number of rotatable bonds is 6. The molecular formula is C19H20F2N2O3. The second kappa shape index (κ2) is 8.42. The van der Waals surface area contributed by atoms with Crippen molar-refractivity contribution < 1.29 is 23.1 Å². The van der Waals surface area contributed by atoms with E-state index in [0.717, 1.165) is 24.0 Å². The highest BCUT2D eigenvalue weighted by molar-refractivity contribution is 6.02. The lowest BCUT2D eigenvalue weighted by atomic mass is 10.2. The largest absolute Gasteiger partial charge is 0.489 e. The summed E-state index contributed by atoms with van der Waals surface area (Å²) >= 11 is 0. The van der Waals surface area contributed by atoms with E-state index in [1.54, 1.807) is 24.3 Å². The Kier molecular flexibility index (Phi) is 6.27. The zero-order valence-electron chi connectivity index (χ0n) is 14.8. The van der Waals surface area contributed by atoms with Crippen LogP contribution in [0.4, 0.5) is 20.2 Å². The highest BCUT2D eigenvalue weighted by Gasteiger charge is 2.23. The highest BCUT2D eigenvalue weighted by Crippen LogP contribution is 2.26. The van der Waals surface area contributed by atoms with Crippen molar-refractivity contribution in [1.29, 1.82) is 0 Å². The molecule has 0 atom stereocenters. The lowest BCUT2D eigenvalue weighted by Crippen LogP contribution is -2.38. The summed E-state index contributed by atoms with van der Waals surface area (Å²) in [7, 11) is 0. The Balaban J connectivity index is 2.21. The molecule has 0 spiro atoms. The molecule has 0 fully saturated rings. The van der Waals surface area contributed by atoms with Crippen molar-refractivity contribution in [2.24, 2.45) is 0 Å². The number of halogens is 2. The second-order valence-corrected chi connectivity index (χ2v) is 5.89. The van der Waals surface area contributed by atoms with Crippen LogP contribution >= 0.6 is 0 Å². The average Bonchev–Trinajstić information content (AvgIpc) is 2.55. The summed E-state index contributed by atoms with van der Waals surface area (Å²) in [6.45, 7) is 4.28. The quantitative estimate of drug-likeness (QED) is 0.852. The van der Waals surface area contributed by atoms with E-state index in [-0.39, 0.29) is 6.10 Å². The number of ether oxygens (including phenoxy) is 1. The summed E-state index contributed by atoms with van der Waals surface area (Å²) in [4.78, 5) is 24.9. The molecule has 0 saturated heterocycles. The first kappa shape index (κ1) is 19.4. The third-order valence-corrected chi connectivity index (χ3v) is 3.41. The normalized spacial score (nSPS) is 10.5. The van der Waals surface area contributed by atoms with Gasteiger partial charge in [0, 0.05) is 6.92 Å². The van der Waals surface area contributed by atoms with Gasteiger partial charge in [0.15, 0.2) is 0 Å². The van der Waals surface area contributed by atoms with E-state index in [0.29, 0.717) is 11.4 Å². The van der Waals surface area contributed by atoms with Gasteiger partial charge < -0.3 is 10.1 Å². The number of hydrogen-bond donors (Lipinski definition) is 1. The maximum Gasteiger partial charge on any atom is 0.244 e. The van der Waals surface area contributed by atoms with Crippen LogP contribution < -0.4 is 15.0 Å². The molecule has 7 heteroatoms. The van der Waals surface area contributed by atoms with Gasteiger partial charge in [-0.05, 0) is 38.1 Å². The Labute approximate surface area is 150 Å². The fraction of sp³-hybridized carbons (Fsp3) is 0.263. The third kappa shape index (κ3) is 4.78. The van der Waals surface area contributed by atoms with Crippen LogP contribution in [0.15, 0.2) is 42.5 Å². The first-order valence-corrected chi connectivity index (χ1v) is 8.07. The topological polar surface area (TPSA) is 58.6 Å². The molecule has 138 valence electrons. The molecule has 5 nitrogen and oxygen atoms in total. The number of carbonyl (C=O) groups excluding carboxylic acids is 2. The lowest BCUT2D eigenvalue weighted by Gasteiger charge is -2.22. The Morgan fingerprint density at radius 2 is 1.69 bits per heavy atom. The van der Waals surface area contributed by atoms with E-state index >= 15 is 0 Å². The number of nitrogens with zero attached hydrogens (tertiary/aromatic N) is 1. The molecule has 0 heterocycles. The van der Waals surface area contributed by atoms with Gasteiger partial charge in [0.1, 0.15) is 29.6 Å². The van der Waals surface area contributed by atoms with Crippen molar-refractivity contribution in [2.45, 2.75) is 26.9 Å². The van der Waals surface area contributed by atoms with Crippen LogP contribution in [0.2, 0.25) is 0 Å². The number of carbonyl (C=O) groups is 2. The molecule has 0 aliphatic rings. The number of hydrogen-bond acceptors (Lipinski definition) is 3. The smallest absolute Gasteiger partial charge is 0.244 e. The van der Waals surface area contributed by atoms with Gasteiger partial charge in [-0.3, -0.25) is 14.5 Å². The summed E-state index contributed by atoms with van der Waals surface area (Å²) in [6, 6.07) is 10.0. The minimum atomic E-state index is -0.920. The van der Waals surface area contributed by atoms with Crippen LogP contribution in [0, 0.1) is 11.6 Å². The number of para-hydroxylation sites is 3. The van der Waals surface area contributed by atoms with E-state index in [4.69, 9.17) is 4.74 Å². The van der Waals surface area contributed by atoms with Crippen molar-refractivity contribution in [3.63, 3.8) is 0 Å². The van der Waals surface area contributed by atoms with E-state index in [1.165, 1.54) is 6.07 Å². The van der Waals surface area contributed by atoms with E-state index in [2.05, 4.69) is 5.32 Å². The third-order valence-electron chi connectivity index (χ3n) is 3.41. The molecule has 0 unspecified atom stereocenters. The lowest BCUT2D eigenvalue weighted by molar-refractivity contribution is -0.120. The average molecular weight is 362 g/mol. The standard InChI is InChI=1S/C19H20F2N2O3/c1-12(2)26-17-10-5-4-9-16(17)22-18(25)11-23(13(3)24)19-14(20)7-6-8-15(19)21/h4-10,12H,11H2,1-3H3,(H,22,25). The van der Waals surface area contributed by atoms with Gasteiger partial charge in [0.2, 0.25) is 11.8 Å². The van der Waals surface area contributed by atoms with Crippen LogP contribution in [-0.2, 0) is 9.59 Å². The van der Waals surface area contributed by atoms with Gasteiger partial charge in [0.25, 0.3) is 0 Å². The number of benzene rings is 2. The molecule has 0 aromatic heterocycles. The molecule has 26 heavy (non-hydrogen) atoms. The van der Waals surface area contributed by atoms with E-state index < -0.39 is 35.7 Å². The summed E-state index contributed by atoms with van der Waals surface area (Å²) in [5.74, 6) is -2.64. The van der Waals surface area contributed by atoms with Crippen molar-refractivity contribution in [1.82, 2.24) is 0 Å². The summed E-state index contributed by atoms with van der Waals surface area (Å²) in [5, 5.41) is 2.61. The van der Waals surface area contributed by atoms with Gasteiger partial charge in [-0.2, -0.15) is 0 Å². The fourth-order valence-electron chi connectivity index (χ4n) is 2.35. The maximum absolute atomic E-state index is 14.0.